The summed E-state index contributed by atoms with van der Waals surface area (Å²) in [5.74, 6) is -0.567. The SMILES string of the molecule is CS(=O)(=O)c1ccc(C2=CC(Br)NC(C(F)(F)F)=C2c2ccc(F)cc2)cc1. The van der Waals surface area contributed by atoms with Gasteiger partial charge in [0, 0.05) is 11.8 Å². The Morgan fingerprint density at radius 1 is 0.964 bits per heavy atom. The summed E-state index contributed by atoms with van der Waals surface area (Å²) in [6.45, 7) is 0. The van der Waals surface area contributed by atoms with Crippen molar-refractivity contribution < 1.29 is 26.0 Å². The van der Waals surface area contributed by atoms with Crippen molar-refractivity contribution in [1.82, 2.24) is 5.32 Å². The minimum Gasteiger partial charge on any atom is -0.365 e. The molecule has 28 heavy (non-hydrogen) atoms. The third kappa shape index (κ3) is 4.30. The van der Waals surface area contributed by atoms with E-state index in [1.165, 1.54) is 36.4 Å². The molecule has 1 aliphatic rings. The Balaban J connectivity index is 2.21. The van der Waals surface area contributed by atoms with Gasteiger partial charge in [-0.3, -0.25) is 0 Å². The van der Waals surface area contributed by atoms with Crippen LogP contribution >= 0.6 is 15.9 Å². The van der Waals surface area contributed by atoms with Gasteiger partial charge in [0.15, 0.2) is 9.84 Å². The van der Waals surface area contributed by atoms with Gasteiger partial charge in [-0.25, -0.2) is 12.8 Å². The molecule has 1 heterocycles. The van der Waals surface area contributed by atoms with Crippen LogP contribution in [0.5, 0.6) is 0 Å². The predicted molar refractivity (Wildman–Crippen MR) is 103 cm³/mol. The highest BCUT2D eigenvalue weighted by atomic mass is 79.9. The van der Waals surface area contributed by atoms with Crippen molar-refractivity contribution in [2.75, 3.05) is 6.26 Å². The summed E-state index contributed by atoms with van der Waals surface area (Å²) in [5, 5.41) is 2.36. The van der Waals surface area contributed by atoms with Crippen molar-refractivity contribution in [1.29, 1.82) is 0 Å². The van der Waals surface area contributed by atoms with Crippen LogP contribution in [0.3, 0.4) is 0 Å². The van der Waals surface area contributed by atoms with E-state index in [1.807, 2.05) is 0 Å². The van der Waals surface area contributed by atoms with Crippen molar-refractivity contribution in [2.24, 2.45) is 0 Å². The summed E-state index contributed by atoms with van der Waals surface area (Å²) < 4.78 is 77.7. The van der Waals surface area contributed by atoms with E-state index in [0.717, 1.165) is 18.4 Å². The molecule has 9 heteroatoms. The first-order valence-corrected chi connectivity index (χ1v) is 10.8. The lowest BCUT2D eigenvalue weighted by Gasteiger charge is -2.28. The van der Waals surface area contributed by atoms with Crippen molar-refractivity contribution in [3.8, 4) is 0 Å². The monoisotopic (exact) mass is 475 g/mol. The fraction of sp³-hybridized carbons (Fsp3) is 0.158. The zero-order chi connectivity index (χ0) is 20.7. The summed E-state index contributed by atoms with van der Waals surface area (Å²) in [7, 11) is -3.44. The summed E-state index contributed by atoms with van der Waals surface area (Å²) in [6, 6.07) is 10.3. The van der Waals surface area contributed by atoms with E-state index in [2.05, 4.69) is 21.2 Å². The average molecular weight is 476 g/mol. The molecule has 1 atom stereocenters. The van der Waals surface area contributed by atoms with Crippen LogP contribution in [0.25, 0.3) is 11.1 Å². The molecular weight excluding hydrogens is 462 g/mol. The van der Waals surface area contributed by atoms with Crippen LogP contribution < -0.4 is 5.32 Å². The van der Waals surface area contributed by atoms with E-state index in [-0.39, 0.29) is 21.6 Å². The van der Waals surface area contributed by atoms with Crippen LogP contribution in [0.2, 0.25) is 0 Å². The Morgan fingerprint density at radius 3 is 2.00 bits per heavy atom. The first-order valence-electron chi connectivity index (χ1n) is 7.97. The molecule has 148 valence electrons. The zero-order valence-electron chi connectivity index (χ0n) is 14.4. The Kier molecular flexibility index (Phi) is 5.42. The lowest BCUT2D eigenvalue weighted by atomic mass is 9.88. The third-order valence-electron chi connectivity index (χ3n) is 4.12. The summed E-state index contributed by atoms with van der Waals surface area (Å²) in [6.07, 6.45) is -2.09. The molecule has 2 aromatic rings. The molecule has 1 N–H and O–H groups in total. The summed E-state index contributed by atoms with van der Waals surface area (Å²) >= 11 is 3.14. The molecule has 0 radical (unpaired) electrons. The summed E-state index contributed by atoms with van der Waals surface area (Å²) in [5.41, 5.74) is -0.279. The highest BCUT2D eigenvalue weighted by Crippen LogP contribution is 2.42. The second-order valence-corrected chi connectivity index (χ2v) is 9.18. The van der Waals surface area contributed by atoms with Crippen molar-refractivity contribution >= 4 is 36.9 Å². The van der Waals surface area contributed by atoms with Gasteiger partial charge in [-0.15, -0.1) is 0 Å². The van der Waals surface area contributed by atoms with Gasteiger partial charge in [-0.2, -0.15) is 13.2 Å². The molecular formula is C19H14BrF4NO2S. The number of rotatable bonds is 3. The standard InChI is InChI=1S/C19H14BrF4NO2S/c1-28(26,27)14-8-4-11(5-9-14)15-10-16(20)25-18(19(22,23)24)17(15)12-2-6-13(21)7-3-12/h2-10,16,25H,1H3. The number of allylic oxidation sites excluding steroid dienone is 3. The molecule has 0 aliphatic carbocycles. The van der Waals surface area contributed by atoms with Crippen LogP contribution in [-0.2, 0) is 9.84 Å². The van der Waals surface area contributed by atoms with Gasteiger partial charge in [0.1, 0.15) is 16.5 Å². The molecule has 2 aromatic carbocycles. The molecule has 1 aliphatic heterocycles. The molecule has 3 rings (SSSR count). The fourth-order valence-electron chi connectivity index (χ4n) is 2.88. The van der Waals surface area contributed by atoms with Crippen molar-refractivity contribution in [2.45, 2.75) is 16.0 Å². The molecule has 0 saturated carbocycles. The van der Waals surface area contributed by atoms with E-state index >= 15 is 0 Å². The normalized spacial score (nSPS) is 17.9. The number of dihydropyridines is 1. The maximum atomic E-state index is 13.7. The maximum Gasteiger partial charge on any atom is 0.431 e. The van der Waals surface area contributed by atoms with Gasteiger partial charge in [-0.05, 0) is 47.0 Å². The highest BCUT2D eigenvalue weighted by molar-refractivity contribution is 9.09. The van der Waals surface area contributed by atoms with Gasteiger partial charge in [0.2, 0.25) is 0 Å². The molecule has 0 amide bonds. The first kappa shape index (κ1) is 20.6. The molecule has 3 nitrogen and oxygen atoms in total. The molecule has 0 aromatic heterocycles. The smallest absolute Gasteiger partial charge is 0.365 e. The number of hydrogen-bond donors (Lipinski definition) is 1. The average Bonchev–Trinajstić information content (AvgIpc) is 2.60. The lowest BCUT2D eigenvalue weighted by molar-refractivity contribution is -0.0960. The third-order valence-corrected chi connectivity index (χ3v) is 5.75. The van der Waals surface area contributed by atoms with Crippen molar-refractivity contribution in [3.05, 3.63) is 77.2 Å². The largest absolute Gasteiger partial charge is 0.431 e. The Labute approximate surface area is 167 Å². The summed E-state index contributed by atoms with van der Waals surface area (Å²) in [4.78, 5) is -0.734. The van der Waals surface area contributed by atoms with Crippen LogP contribution in [0.4, 0.5) is 17.6 Å². The number of alkyl halides is 4. The molecule has 1 unspecified atom stereocenters. The fourth-order valence-corrected chi connectivity index (χ4v) is 4.00. The Hall–Kier alpha value is -2.13. The molecule has 0 fully saturated rings. The van der Waals surface area contributed by atoms with E-state index < -0.39 is 32.5 Å². The topological polar surface area (TPSA) is 46.2 Å². The first-order chi connectivity index (χ1) is 13.0. The van der Waals surface area contributed by atoms with Gasteiger partial charge in [0.05, 0.1) is 4.90 Å². The molecule has 0 saturated heterocycles. The van der Waals surface area contributed by atoms with E-state index in [0.29, 0.717) is 5.56 Å². The lowest BCUT2D eigenvalue weighted by Crippen LogP contribution is -2.34. The van der Waals surface area contributed by atoms with E-state index in [4.69, 9.17) is 0 Å². The minimum atomic E-state index is -4.68. The van der Waals surface area contributed by atoms with Crippen LogP contribution in [0.1, 0.15) is 11.1 Å². The zero-order valence-corrected chi connectivity index (χ0v) is 16.8. The minimum absolute atomic E-state index is 0.0598. The van der Waals surface area contributed by atoms with E-state index in [9.17, 15) is 26.0 Å². The van der Waals surface area contributed by atoms with Gasteiger partial charge in [0.25, 0.3) is 0 Å². The Bertz CT molecular complexity index is 1060. The Morgan fingerprint density at radius 2 is 1.50 bits per heavy atom. The highest BCUT2D eigenvalue weighted by Gasteiger charge is 2.40. The predicted octanol–water partition coefficient (Wildman–Crippen LogP) is 4.91. The second-order valence-electron chi connectivity index (χ2n) is 6.18. The second kappa shape index (κ2) is 7.36. The number of hydrogen-bond acceptors (Lipinski definition) is 3. The van der Waals surface area contributed by atoms with Crippen LogP contribution in [0, 0.1) is 5.82 Å². The van der Waals surface area contributed by atoms with Crippen molar-refractivity contribution in [3.63, 3.8) is 0 Å². The molecule has 0 bridgehead atoms. The van der Waals surface area contributed by atoms with Gasteiger partial charge < -0.3 is 5.32 Å². The van der Waals surface area contributed by atoms with Crippen LogP contribution in [-0.4, -0.2) is 25.8 Å². The van der Waals surface area contributed by atoms with Gasteiger partial charge >= 0.3 is 6.18 Å². The molecule has 0 spiro atoms. The van der Waals surface area contributed by atoms with E-state index in [1.54, 1.807) is 6.08 Å². The number of halogens is 5. The number of sulfone groups is 1. The number of nitrogens with one attached hydrogen (secondary N) is 1. The van der Waals surface area contributed by atoms with Crippen LogP contribution in [0.15, 0.2) is 65.2 Å². The quantitative estimate of drug-likeness (QED) is 0.389. The number of benzene rings is 2. The van der Waals surface area contributed by atoms with Gasteiger partial charge in [-0.1, -0.05) is 40.2 Å². The maximum absolute atomic E-state index is 13.7.